The summed E-state index contributed by atoms with van der Waals surface area (Å²) in [6.07, 6.45) is 2.67. The molecular weight excluding hydrogens is 254 g/mol. The van der Waals surface area contributed by atoms with Gasteiger partial charge < -0.3 is 5.32 Å². The van der Waals surface area contributed by atoms with Gasteiger partial charge in [0.15, 0.2) is 5.78 Å². The molecule has 0 saturated carbocycles. The van der Waals surface area contributed by atoms with Gasteiger partial charge in [0.2, 0.25) is 0 Å². The fraction of sp³-hybridized carbons (Fsp3) is 0.364. The summed E-state index contributed by atoms with van der Waals surface area (Å²) in [5.41, 5.74) is 1.52. The minimum Gasteiger partial charge on any atom is -0.375 e. The van der Waals surface area contributed by atoms with Crippen molar-refractivity contribution in [2.75, 3.05) is 11.9 Å². The zero-order valence-corrected chi connectivity index (χ0v) is 11.3. The maximum Gasteiger partial charge on any atom is 0.164 e. The Hall–Kier alpha value is -1.27. The Kier molecular flexibility index (Phi) is 3.86. The molecule has 2 rings (SSSR count). The average Bonchev–Trinajstić information content (AvgIpc) is 2.88. The first-order chi connectivity index (χ1) is 8.18. The standard InChI is InChI=1S/C11H13N3OS2/c1-7-10(8(2)15)11(17-14-7)13-4-3-9-12-5-6-16-9/h5-6,13H,3-4H2,1-2H3. The van der Waals surface area contributed by atoms with Crippen LogP contribution in [0.15, 0.2) is 11.6 Å². The van der Waals surface area contributed by atoms with E-state index in [9.17, 15) is 4.79 Å². The molecule has 0 bridgehead atoms. The van der Waals surface area contributed by atoms with E-state index in [0.29, 0.717) is 5.56 Å². The second-order valence-corrected chi connectivity index (χ2v) is 5.38. The van der Waals surface area contributed by atoms with Crippen molar-refractivity contribution in [2.24, 2.45) is 0 Å². The number of aryl methyl sites for hydroxylation is 1. The lowest BCUT2D eigenvalue weighted by Crippen LogP contribution is -2.06. The molecule has 0 amide bonds. The third kappa shape index (κ3) is 2.89. The molecule has 0 unspecified atom stereocenters. The summed E-state index contributed by atoms with van der Waals surface area (Å²) >= 11 is 2.99. The highest BCUT2D eigenvalue weighted by Gasteiger charge is 2.14. The van der Waals surface area contributed by atoms with Crippen LogP contribution in [0.2, 0.25) is 0 Å². The van der Waals surface area contributed by atoms with E-state index in [0.717, 1.165) is 28.7 Å². The van der Waals surface area contributed by atoms with E-state index in [2.05, 4.69) is 14.7 Å². The first-order valence-corrected chi connectivity index (χ1v) is 6.93. The molecule has 0 aliphatic carbocycles. The van der Waals surface area contributed by atoms with Gasteiger partial charge in [0.25, 0.3) is 0 Å². The number of rotatable bonds is 5. The average molecular weight is 267 g/mol. The molecule has 4 nitrogen and oxygen atoms in total. The highest BCUT2D eigenvalue weighted by Crippen LogP contribution is 2.24. The predicted octanol–water partition coefficient (Wildman–Crippen LogP) is 2.77. The van der Waals surface area contributed by atoms with Gasteiger partial charge in [-0.2, -0.15) is 4.37 Å². The lowest BCUT2D eigenvalue weighted by Gasteiger charge is -2.03. The Labute approximate surface area is 108 Å². The van der Waals surface area contributed by atoms with E-state index in [1.54, 1.807) is 24.5 Å². The van der Waals surface area contributed by atoms with Gasteiger partial charge in [-0.25, -0.2) is 4.98 Å². The number of Topliss-reactive ketones (excluding diaryl/α,β-unsaturated/α-hetero) is 1. The second kappa shape index (κ2) is 5.37. The Morgan fingerprint density at radius 1 is 1.53 bits per heavy atom. The van der Waals surface area contributed by atoms with Crippen molar-refractivity contribution >= 4 is 33.7 Å². The fourth-order valence-electron chi connectivity index (χ4n) is 1.56. The molecule has 2 heterocycles. The van der Waals surface area contributed by atoms with Crippen LogP contribution in [0.4, 0.5) is 5.00 Å². The Morgan fingerprint density at radius 3 is 3.00 bits per heavy atom. The molecule has 1 N–H and O–H groups in total. The molecule has 0 aliphatic heterocycles. The summed E-state index contributed by atoms with van der Waals surface area (Å²) in [6.45, 7) is 4.21. The summed E-state index contributed by atoms with van der Waals surface area (Å²) in [6, 6.07) is 0. The number of thiazole rings is 1. The van der Waals surface area contributed by atoms with Crippen LogP contribution in [-0.4, -0.2) is 21.7 Å². The molecule has 0 fully saturated rings. The van der Waals surface area contributed by atoms with Gasteiger partial charge in [-0.1, -0.05) is 0 Å². The van der Waals surface area contributed by atoms with Crippen LogP contribution >= 0.6 is 22.9 Å². The van der Waals surface area contributed by atoms with E-state index < -0.39 is 0 Å². The van der Waals surface area contributed by atoms with Crippen molar-refractivity contribution < 1.29 is 4.79 Å². The van der Waals surface area contributed by atoms with Crippen LogP contribution in [-0.2, 0) is 6.42 Å². The van der Waals surface area contributed by atoms with Crippen LogP contribution in [0.5, 0.6) is 0 Å². The van der Waals surface area contributed by atoms with Gasteiger partial charge in [-0.15, -0.1) is 11.3 Å². The normalized spacial score (nSPS) is 10.5. The zero-order valence-electron chi connectivity index (χ0n) is 9.69. The molecule has 2 aromatic rings. The van der Waals surface area contributed by atoms with Crippen LogP contribution in [0.25, 0.3) is 0 Å². The van der Waals surface area contributed by atoms with Crippen molar-refractivity contribution in [1.82, 2.24) is 9.36 Å². The first kappa shape index (κ1) is 12.2. The minimum absolute atomic E-state index is 0.0630. The quantitative estimate of drug-likeness (QED) is 0.846. The monoisotopic (exact) mass is 267 g/mol. The van der Waals surface area contributed by atoms with Gasteiger partial charge in [0.1, 0.15) is 5.00 Å². The lowest BCUT2D eigenvalue weighted by atomic mass is 10.2. The summed E-state index contributed by atoms with van der Waals surface area (Å²) in [5, 5.41) is 7.19. The maximum absolute atomic E-state index is 11.5. The van der Waals surface area contributed by atoms with Gasteiger partial charge >= 0.3 is 0 Å². The number of anilines is 1. The summed E-state index contributed by atoms with van der Waals surface area (Å²) in [7, 11) is 0. The third-order valence-electron chi connectivity index (χ3n) is 2.32. The summed E-state index contributed by atoms with van der Waals surface area (Å²) < 4.78 is 4.20. The van der Waals surface area contributed by atoms with Gasteiger partial charge in [-0.05, 0) is 25.4 Å². The van der Waals surface area contributed by atoms with Crippen LogP contribution < -0.4 is 5.32 Å². The van der Waals surface area contributed by atoms with Gasteiger partial charge in [0.05, 0.1) is 16.3 Å². The number of carbonyl (C=O) groups excluding carboxylic acids is 1. The highest BCUT2D eigenvalue weighted by atomic mass is 32.1. The Balaban J connectivity index is 1.97. The molecule has 0 radical (unpaired) electrons. The van der Waals surface area contributed by atoms with Gasteiger partial charge in [0, 0.05) is 24.5 Å². The fourth-order valence-corrected chi connectivity index (χ4v) is 3.05. The molecule has 0 atom stereocenters. The van der Waals surface area contributed by atoms with E-state index in [1.165, 1.54) is 11.5 Å². The molecule has 6 heteroatoms. The smallest absolute Gasteiger partial charge is 0.164 e. The first-order valence-electron chi connectivity index (χ1n) is 5.28. The predicted molar refractivity (Wildman–Crippen MR) is 71.2 cm³/mol. The number of nitrogens with one attached hydrogen (secondary N) is 1. The number of hydrogen-bond acceptors (Lipinski definition) is 6. The van der Waals surface area contributed by atoms with Crippen molar-refractivity contribution in [3.63, 3.8) is 0 Å². The zero-order chi connectivity index (χ0) is 12.3. The van der Waals surface area contributed by atoms with Crippen molar-refractivity contribution in [3.8, 4) is 0 Å². The van der Waals surface area contributed by atoms with Crippen LogP contribution in [0, 0.1) is 6.92 Å². The summed E-state index contributed by atoms with van der Waals surface area (Å²) in [5.74, 6) is 0.0630. The number of aromatic nitrogens is 2. The third-order valence-corrected chi connectivity index (χ3v) is 4.06. The Morgan fingerprint density at radius 2 is 2.35 bits per heavy atom. The molecule has 0 aliphatic rings. The van der Waals surface area contributed by atoms with Crippen LogP contribution in [0.3, 0.4) is 0 Å². The van der Waals surface area contributed by atoms with Crippen molar-refractivity contribution in [1.29, 1.82) is 0 Å². The second-order valence-electron chi connectivity index (χ2n) is 3.63. The maximum atomic E-state index is 11.5. The van der Waals surface area contributed by atoms with Crippen LogP contribution in [0.1, 0.15) is 28.0 Å². The minimum atomic E-state index is 0.0630. The number of carbonyl (C=O) groups is 1. The number of nitrogens with zero attached hydrogens (tertiary/aromatic N) is 2. The largest absolute Gasteiger partial charge is 0.375 e. The molecule has 2 aromatic heterocycles. The van der Waals surface area contributed by atoms with Gasteiger partial charge in [-0.3, -0.25) is 4.79 Å². The molecule has 0 aromatic carbocycles. The van der Waals surface area contributed by atoms with Crippen molar-refractivity contribution in [2.45, 2.75) is 20.3 Å². The molecule has 17 heavy (non-hydrogen) atoms. The number of ketones is 1. The Bertz CT molecular complexity index is 505. The van der Waals surface area contributed by atoms with E-state index in [4.69, 9.17) is 0 Å². The van der Waals surface area contributed by atoms with Crippen molar-refractivity contribution in [3.05, 3.63) is 27.8 Å². The van der Waals surface area contributed by atoms with E-state index in [1.807, 2.05) is 12.3 Å². The number of hydrogen-bond donors (Lipinski definition) is 1. The lowest BCUT2D eigenvalue weighted by molar-refractivity contribution is 0.101. The highest BCUT2D eigenvalue weighted by molar-refractivity contribution is 7.10. The van der Waals surface area contributed by atoms with E-state index >= 15 is 0 Å². The molecular formula is C11H13N3OS2. The molecule has 90 valence electrons. The molecule has 0 saturated heterocycles. The topological polar surface area (TPSA) is 54.9 Å². The molecule has 0 spiro atoms. The summed E-state index contributed by atoms with van der Waals surface area (Å²) in [4.78, 5) is 15.7. The van der Waals surface area contributed by atoms with E-state index in [-0.39, 0.29) is 5.78 Å². The SMILES string of the molecule is CC(=O)c1c(C)nsc1NCCc1nccs1.